The standard InChI is InChI=1S/C19H23O3PS/c1-4-21-23(20,22-5-2)19(24-3)18(16-12-8-6-9-13-16)17-14-10-7-11-15-17/h6-15H,4-5H2,1-3H3. The maximum Gasteiger partial charge on any atom is 0.368 e. The van der Waals surface area contributed by atoms with E-state index in [9.17, 15) is 4.57 Å². The molecule has 0 fully saturated rings. The fourth-order valence-electron chi connectivity index (χ4n) is 2.47. The smallest absolute Gasteiger partial charge is 0.305 e. The fraction of sp³-hybridized carbons (Fsp3) is 0.263. The Hall–Kier alpha value is -1.32. The summed E-state index contributed by atoms with van der Waals surface area (Å²) < 4.78 is 25.3. The number of hydrogen-bond acceptors (Lipinski definition) is 4. The molecule has 0 N–H and O–H groups in total. The molecular weight excluding hydrogens is 339 g/mol. The summed E-state index contributed by atoms with van der Waals surface area (Å²) in [6, 6.07) is 19.9. The molecule has 5 heteroatoms. The van der Waals surface area contributed by atoms with Crippen LogP contribution in [0.2, 0.25) is 0 Å². The van der Waals surface area contributed by atoms with E-state index < -0.39 is 7.60 Å². The Morgan fingerprint density at radius 2 is 1.29 bits per heavy atom. The van der Waals surface area contributed by atoms with Crippen molar-refractivity contribution < 1.29 is 13.6 Å². The molecule has 0 unspecified atom stereocenters. The van der Waals surface area contributed by atoms with E-state index in [1.807, 2.05) is 80.8 Å². The minimum atomic E-state index is -3.37. The van der Waals surface area contributed by atoms with E-state index >= 15 is 0 Å². The van der Waals surface area contributed by atoms with Gasteiger partial charge in [-0.1, -0.05) is 60.7 Å². The van der Waals surface area contributed by atoms with Crippen LogP contribution in [0.25, 0.3) is 5.57 Å². The van der Waals surface area contributed by atoms with Crippen LogP contribution >= 0.6 is 19.4 Å². The van der Waals surface area contributed by atoms with E-state index in [4.69, 9.17) is 9.05 Å². The minimum absolute atomic E-state index is 0.332. The van der Waals surface area contributed by atoms with Crippen molar-refractivity contribution >= 4 is 24.9 Å². The van der Waals surface area contributed by atoms with Gasteiger partial charge in [-0.15, -0.1) is 11.8 Å². The Balaban J connectivity index is 2.74. The SMILES string of the molecule is CCOP(=O)(OCC)C(SC)=C(c1ccccc1)c1ccccc1. The van der Waals surface area contributed by atoms with Crippen molar-refractivity contribution in [2.24, 2.45) is 0 Å². The molecule has 0 bridgehead atoms. The molecule has 128 valence electrons. The largest absolute Gasteiger partial charge is 0.368 e. The topological polar surface area (TPSA) is 35.5 Å². The van der Waals surface area contributed by atoms with Gasteiger partial charge in [0, 0.05) is 5.57 Å². The Bertz CT molecular complexity index is 662. The lowest BCUT2D eigenvalue weighted by Gasteiger charge is -2.22. The molecule has 0 aliphatic heterocycles. The highest BCUT2D eigenvalue weighted by Crippen LogP contribution is 2.62. The average molecular weight is 362 g/mol. The first-order chi connectivity index (χ1) is 11.7. The summed E-state index contributed by atoms with van der Waals surface area (Å²) >= 11 is 1.42. The molecule has 0 aliphatic carbocycles. The van der Waals surface area contributed by atoms with E-state index in [-0.39, 0.29) is 0 Å². The number of rotatable bonds is 8. The summed E-state index contributed by atoms with van der Waals surface area (Å²) in [5.74, 6) is 0. The molecule has 2 rings (SSSR count). The lowest BCUT2D eigenvalue weighted by molar-refractivity contribution is 0.228. The van der Waals surface area contributed by atoms with Crippen LogP contribution in [-0.4, -0.2) is 19.5 Å². The van der Waals surface area contributed by atoms with Crippen LogP contribution < -0.4 is 0 Å². The predicted octanol–water partition coefficient (Wildman–Crippen LogP) is 6.03. The fourth-order valence-corrected chi connectivity index (χ4v) is 5.64. The van der Waals surface area contributed by atoms with E-state index in [1.54, 1.807) is 0 Å². The molecule has 2 aromatic carbocycles. The normalized spacial score (nSPS) is 11.3. The minimum Gasteiger partial charge on any atom is -0.305 e. The van der Waals surface area contributed by atoms with Crippen LogP contribution in [0.5, 0.6) is 0 Å². The van der Waals surface area contributed by atoms with Crippen molar-refractivity contribution in [2.75, 3.05) is 19.5 Å². The van der Waals surface area contributed by atoms with Crippen molar-refractivity contribution in [2.45, 2.75) is 13.8 Å². The van der Waals surface area contributed by atoms with Gasteiger partial charge in [-0.25, -0.2) is 0 Å². The van der Waals surface area contributed by atoms with Crippen LogP contribution in [0.15, 0.2) is 65.3 Å². The van der Waals surface area contributed by atoms with Gasteiger partial charge in [0.2, 0.25) is 0 Å². The first kappa shape index (κ1) is 19.0. The van der Waals surface area contributed by atoms with Crippen LogP contribution in [-0.2, 0) is 13.6 Å². The predicted molar refractivity (Wildman–Crippen MR) is 103 cm³/mol. The molecule has 0 aliphatic rings. The molecule has 0 saturated heterocycles. The zero-order valence-electron chi connectivity index (χ0n) is 14.3. The summed E-state index contributed by atoms with van der Waals surface area (Å²) in [6.45, 7) is 4.32. The highest BCUT2D eigenvalue weighted by molar-refractivity contribution is 8.09. The van der Waals surface area contributed by atoms with E-state index in [0.717, 1.165) is 16.7 Å². The maximum absolute atomic E-state index is 13.4. The third-order valence-corrected chi connectivity index (χ3v) is 7.11. The van der Waals surface area contributed by atoms with Crippen molar-refractivity contribution in [3.63, 3.8) is 0 Å². The summed E-state index contributed by atoms with van der Waals surface area (Å²) in [6.07, 6.45) is 1.91. The maximum atomic E-state index is 13.4. The highest BCUT2D eigenvalue weighted by atomic mass is 32.2. The average Bonchev–Trinajstić information content (AvgIpc) is 2.61. The third-order valence-electron chi connectivity index (χ3n) is 3.38. The second-order valence-corrected chi connectivity index (χ2v) is 8.03. The van der Waals surface area contributed by atoms with E-state index in [0.29, 0.717) is 17.9 Å². The lowest BCUT2D eigenvalue weighted by Crippen LogP contribution is -2.01. The van der Waals surface area contributed by atoms with Gasteiger partial charge in [-0.05, 0) is 31.2 Å². The first-order valence-corrected chi connectivity index (χ1v) is 10.7. The summed E-state index contributed by atoms with van der Waals surface area (Å²) in [4.78, 5) is 0. The molecule has 0 atom stereocenters. The second kappa shape index (κ2) is 9.24. The first-order valence-electron chi connectivity index (χ1n) is 7.95. The van der Waals surface area contributed by atoms with E-state index in [1.165, 1.54) is 11.8 Å². The van der Waals surface area contributed by atoms with Gasteiger partial charge in [0.25, 0.3) is 0 Å². The number of hydrogen-bond donors (Lipinski definition) is 0. The van der Waals surface area contributed by atoms with Gasteiger partial charge < -0.3 is 9.05 Å². The Morgan fingerprint density at radius 1 is 0.875 bits per heavy atom. The molecule has 2 aromatic rings. The molecule has 24 heavy (non-hydrogen) atoms. The van der Waals surface area contributed by atoms with Crippen molar-refractivity contribution in [3.8, 4) is 0 Å². The van der Waals surface area contributed by atoms with Crippen LogP contribution in [0.4, 0.5) is 0 Å². The van der Waals surface area contributed by atoms with Gasteiger partial charge in [0.15, 0.2) is 0 Å². The Kier molecular flexibility index (Phi) is 7.32. The zero-order chi connectivity index (χ0) is 17.4. The molecule has 0 spiro atoms. The molecule has 0 saturated carbocycles. The molecule has 0 amide bonds. The quantitative estimate of drug-likeness (QED) is 0.537. The van der Waals surface area contributed by atoms with Crippen LogP contribution in [0, 0.1) is 0 Å². The molecular formula is C19H23O3PS. The Morgan fingerprint density at radius 3 is 1.62 bits per heavy atom. The molecule has 0 radical (unpaired) electrons. The second-order valence-electron chi connectivity index (χ2n) is 4.95. The van der Waals surface area contributed by atoms with E-state index in [2.05, 4.69) is 0 Å². The highest BCUT2D eigenvalue weighted by Gasteiger charge is 2.33. The van der Waals surface area contributed by atoms with Crippen LogP contribution in [0.1, 0.15) is 25.0 Å². The third kappa shape index (κ3) is 4.40. The van der Waals surface area contributed by atoms with Crippen molar-refractivity contribution in [1.82, 2.24) is 0 Å². The van der Waals surface area contributed by atoms with Gasteiger partial charge in [0.1, 0.15) is 4.65 Å². The summed E-state index contributed by atoms with van der Waals surface area (Å²) in [7, 11) is -3.37. The van der Waals surface area contributed by atoms with Gasteiger partial charge in [-0.2, -0.15) is 0 Å². The molecule has 0 aromatic heterocycles. The summed E-state index contributed by atoms with van der Waals surface area (Å²) in [5, 5.41) is 0. The van der Waals surface area contributed by atoms with Gasteiger partial charge in [-0.3, -0.25) is 4.57 Å². The number of thioether (sulfide) groups is 1. The molecule has 0 heterocycles. The number of benzene rings is 2. The lowest BCUT2D eigenvalue weighted by atomic mass is 10.00. The molecule has 3 nitrogen and oxygen atoms in total. The van der Waals surface area contributed by atoms with Crippen molar-refractivity contribution in [1.29, 1.82) is 0 Å². The monoisotopic (exact) mass is 362 g/mol. The Labute approximate surface area is 148 Å². The summed E-state index contributed by atoms with van der Waals surface area (Å²) in [5.41, 5.74) is 2.88. The van der Waals surface area contributed by atoms with Gasteiger partial charge in [0.05, 0.1) is 13.2 Å². The van der Waals surface area contributed by atoms with Crippen LogP contribution in [0.3, 0.4) is 0 Å². The van der Waals surface area contributed by atoms with Gasteiger partial charge >= 0.3 is 7.60 Å². The zero-order valence-corrected chi connectivity index (χ0v) is 16.0. The van der Waals surface area contributed by atoms with Crippen molar-refractivity contribution in [3.05, 3.63) is 76.4 Å².